The summed E-state index contributed by atoms with van der Waals surface area (Å²) in [7, 11) is 3.07. The van der Waals surface area contributed by atoms with Crippen molar-refractivity contribution in [2.24, 2.45) is 0 Å². The first-order chi connectivity index (χ1) is 11.9. The summed E-state index contributed by atoms with van der Waals surface area (Å²) in [5, 5.41) is 0.492. The minimum absolute atomic E-state index is 0.00470. The highest BCUT2D eigenvalue weighted by Gasteiger charge is 2.30. The molecule has 3 rings (SSSR count). The van der Waals surface area contributed by atoms with Gasteiger partial charge in [0.2, 0.25) is 5.88 Å². The number of rotatable bonds is 5. The van der Waals surface area contributed by atoms with E-state index in [9.17, 15) is 13.2 Å². The molecule has 1 aliphatic carbocycles. The molecule has 6 nitrogen and oxygen atoms in total. The molecule has 0 N–H and O–H groups in total. The molecule has 0 atom stereocenters. The number of hydrogen-bond donors (Lipinski definition) is 0. The lowest BCUT2D eigenvalue weighted by molar-refractivity contribution is 0.0522. The number of nitrogens with zero attached hydrogens (tertiary/aromatic N) is 1. The Kier molecular flexibility index (Phi) is 4.88. The van der Waals surface area contributed by atoms with Gasteiger partial charge in [-0.05, 0) is 37.3 Å². The van der Waals surface area contributed by atoms with Gasteiger partial charge >= 0.3 is 5.97 Å². The predicted octanol–water partition coefficient (Wildman–Crippen LogP) is 3.62. The van der Waals surface area contributed by atoms with Crippen LogP contribution in [0, 0.1) is 0 Å². The fourth-order valence-electron chi connectivity index (χ4n) is 3.02. The van der Waals surface area contributed by atoms with E-state index >= 15 is 0 Å². The molecule has 0 aliphatic heterocycles. The molecule has 0 saturated heterocycles. The summed E-state index contributed by atoms with van der Waals surface area (Å²) in [6, 6.07) is 5.03. The van der Waals surface area contributed by atoms with Gasteiger partial charge in [0.25, 0.3) is 9.05 Å². The Balaban J connectivity index is 2.29. The van der Waals surface area contributed by atoms with Crippen LogP contribution in [-0.4, -0.2) is 33.1 Å². The van der Waals surface area contributed by atoms with Gasteiger partial charge in [0.15, 0.2) is 0 Å². The molecule has 1 aliphatic rings. The average Bonchev–Trinajstić information content (AvgIpc) is 2.50. The summed E-state index contributed by atoms with van der Waals surface area (Å²) in [4.78, 5) is 16.4. The molecule has 1 fully saturated rings. The lowest BCUT2D eigenvalue weighted by Crippen LogP contribution is -2.14. The van der Waals surface area contributed by atoms with Gasteiger partial charge in [0, 0.05) is 16.1 Å². The Hall–Kier alpha value is -1.86. The standard InChI is InChI=1S/C17H18ClNO5S/c1-3-24-17(20)13-9-11-7-8-12(10-5-4-6-10)15(25(18,21)22)14(11)19-16(13)23-2/h7-10H,3-6H2,1-2H3. The Labute approximate surface area is 150 Å². The van der Waals surface area contributed by atoms with E-state index in [0.29, 0.717) is 10.9 Å². The fraction of sp³-hybridized carbons (Fsp3) is 0.412. The molecular weight excluding hydrogens is 366 g/mol. The number of esters is 1. The second-order valence-electron chi connectivity index (χ2n) is 5.89. The number of ether oxygens (including phenoxy) is 2. The zero-order valence-electron chi connectivity index (χ0n) is 13.9. The highest BCUT2D eigenvalue weighted by atomic mass is 35.7. The van der Waals surface area contributed by atoms with E-state index in [4.69, 9.17) is 20.2 Å². The summed E-state index contributed by atoms with van der Waals surface area (Å²) in [6.07, 6.45) is 2.90. The number of benzene rings is 1. The minimum atomic E-state index is -4.01. The van der Waals surface area contributed by atoms with Gasteiger partial charge < -0.3 is 9.47 Å². The van der Waals surface area contributed by atoms with Crippen LogP contribution < -0.4 is 4.74 Å². The number of methoxy groups -OCH3 is 1. The monoisotopic (exact) mass is 383 g/mol. The van der Waals surface area contributed by atoms with E-state index < -0.39 is 15.0 Å². The highest BCUT2D eigenvalue weighted by Crippen LogP contribution is 2.42. The molecule has 1 saturated carbocycles. The number of fused-ring (bicyclic) bond motifs is 1. The van der Waals surface area contributed by atoms with Gasteiger partial charge in [0.05, 0.1) is 19.2 Å². The maximum absolute atomic E-state index is 12.2. The summed E-state index contributed by atoms with van der Waals surface area (Å²) in [5.74, 6) is -0.407. The Bertz CT molecular complexity index is 938. The van der Waals surface area contributed by atoms with Crippen molar-refractivity contribution in [3.05, 3.63) is 29.3 Å². The number of pyridine rings is 1. The quantitative estimate of drug-likeness (QED) is 0.579. The molecule has 0 radical (unpaired) electrons. The number of carbonyl (C=O) groups excluding carboxylic acids is 1. The smallest absolute Gasteiger partial charge is 0.343 e. The van der Waals surface area contributed by atoms with Gasteiger partial charge in [-0.15, -0.1) is 0 Å². The van der Waals surface area contributed by atoms with Crippen molar-refractivity contribution in [1.29, 1.82) is 0 Å². The van der Waals surface area contributed by atoms with Gasteiger partial charge in [-0.3, -0.25) is 0 Å². The van der Waals surface area contributed by atoms with E-state index in [1.807, 2.05) is 0 Å². The number of aromatic nitrogens is 1. The van der Waals surface area contributed by atoms with Gasteiger partial charge in [-0.2, -0.15) is 0 Å². The maximum Gasteiger partial charge on any atom is 0.343 e. The lowest BCUT2D eigenvalue weighted by Gasteiger charge is -2.27. The Morgan fingerprint density at radius 1 is 1.36 bits per heavy atom. The van der Waals surface area contributed by atoms with Gasteiger partial charge in [-0.25, -0.2) is 18.2 Å². The normalized spacial score (nSPS) is 15.0. The summed E-state index contributed by atoms with van der Waals surface area (Å²) in [6.45, 7) is 1.91. The van der Waals surface area contributed by atoms with Crippen LogP contribution in [-0.2, 0) is 13.8 Å². The van der Waals surface area contributed by atoms with Crippen LogP contribution in [0.2, 0.25) is 0 Å². The predicted molar refractivity (Wildman–Crippen MR) is 93.9 cm³/mol. The van der Waals surface area contributed by atoms with E-state index in [1.165, 1.54) is 13.2 Å². The van der Waals surface area contributed by atoms with Crippen molar-refractivity contribution >= 4 is 36.6 Å². The van der Waals surface area contributed by atoms with E-state index in [2.05, 4.69) is 4.98 Å². The summed E-state index contributed by atoms with van der Waals surface area (Å²) < 4.78 is 34.6. The average molecular weight is 384 g/mol. The summed E-state index contributed by atoms with van der Waals surface area (Å²) >= 11 is 0. The second-order valence-corrected chi connectivity index (χ2v) is 8.39. The van der Waals surface area contributed by atoms with Crippen LogP contribution in [0.1, 0.15) is 48.0 Å². The third kappa shape index (κ3) is 3.30. The molecule has 2 aromatic rings. The van der Waals surface area contributed by atoms with Crippen LogP contribution in [0.15, 0.2) is 23.1 Å². The molecule has 1 aromatic carbocycles. The van der Waals surface area contributed by atoms with E-state index in [0.717, 1.165) is 19.3 Å². The lowest BCUT2D eigenvalue weighted by atomic mass is 9.80. The topological polar surface area (TPSA) is 82.6 Å². The van der Waals surface area contributed by atoms with Crippen LogP contribution in [0.25, 0.3) is 10.9 Å². The number of halogens is 1. The van der Waals surface area contributed by atoms with Gasteiger partial charge in [-0.1, -0.05) is 18.6 Å². The zero-order chi connectivity index (χ0) is 18.2. The first kappa shape index (κ1) is 17.9. The third-order valence-electron chi connectivity index (χ3n) is 4.41. The third-order valence-corrected chi connectivity index (χ3v) is 5.79. The molecule has 0 spiro atoms. The second kappa shape index (κ2) is 6.80. The zero-order valence-corrected chi connectivity index (χ0v) is 15.5. The van der Waals surface area contributed by atoms with E-state index in [-0.39, 0.29) is 34.4 Å². The number of hydrogen-bond acceptors (Lipinski definition) is 6. The molecular formula is C17H18ClNO5S. The molecule has 8 heteroatoms. The first-order valence-electron chi connectivity index (χ1n) is 8.00. The Morgan fingerprint density at radius 3 is 2.60 bits per heavy atom. The van der Waals surface area contributed by atoms with E-state index in [1.54, 1.807) is 19.1 Å². The van der Waals surface area contributed by atoms with Crippen LogP contribution in [0.4, 0.5) is 0 Å². The van der Waals surface area contributed by atoms with Crippen molar-refractivity contribution in [2.75, 3.05) is 13.7 Å². The molecule has 0 bridgehead atoms. The highest BCUT2D eigenvalue weighted by molar-refractivity contribution is 8.14. The SMILES string of the molecule is CCOC(=O)c1cc2ccc(C3CCC3)c(S(=O)(=O)Cl)c2nc1OC. The molecule has 1 heterocycles. The summed E-state index contributed by atoms with van der Waals surface area (Å²) in [5.41, 5.74) is 1.03. The first-order valence-corrected chi connectivity index (χ1v) is 10.3. The van der Waals surface area contributed by atoms with Crippen molar-refractivity contribution in [2.45, 2.75) is 37.0 Å². The van der Waals surface area contributed by atoms with Crippen LogP contribution >= 0.6 is 10.7 Å². The van der Waals surface area contributed by atoms with Crippen molar-refractivity contribution in [1.82, 2.24) is 4.98 Å². The Morgan fingerprint density at radius 2 is 2.08 bits per heavy atom. The fourth-order valence-corrected chi connectivity index (χ4v) is 4.42. The molecule has 0 amide bonds. The van der Waals surface area contributed by atoms with Gasteiger partial charge in [0.1, 0.15) is 10.5 Å². The molecule has 134 valence electrons. The van der Waals surface area contributed by atoms with Crippen LogP contribution in [0.3, 0.4) is 0 Å². The van der Waals surface area contributed by atoms with Crippen molar-refractivity contribution in [3.63, 3.8) is 0 Å². The maximum atomic E-state index is 12.2. The molecule has 0 unspecified atom stereocenters. The number of carbonyl (C=O) groups is 1. The largest absolute Gasteiger partial charge is 0.480 e. The molecule has 25 heavy (non-hydrogen) atoms. The molecule has 1 aromatic heterocycles. The van der Waals surface area contributed by atoms with Crippen LogP contribution in [0.5, 0.6) is 5.88 Å². The van der Waals surface area contributed by atoms with Crippen molar-refractivity contribution in [3.8, 4) is 5.88 Å². The minimum Gasteiger partial charge on any atom is -0.480 e. The van der Waals surface area contributed by atoms with Crippen molar-refractivity contribution < 1.29 is 22.7 Å².